The number of nitrogens with zero attached hydrogens (tertiary/aromatic N) is 1. The number of nitrogen functional groups attached to an aromatic ring is 1. The molecule has 0 amide bonds. The van der Waals surface area contributed by atoms with Gasteiger partial charge >= 0.3 is 0 Å². The van der Waals surface area contributed by atoms with E-state index in [1.54, 1.807) is 6.07 Å². The number of anilines is 3. The Kier molecular flexibility index (Phi) is 8.10. The summed E-state index contributed by atoms with van der Waals surface area (Å²) in [5.74, 6) is -2.20. The maximum atomic E-state index is 13.4. The zero-order valence-electron chi connectivity index (χ0n) is 21.4. The zero-order chi connectivity index (χ0) is 30.3. The highest BCUT2D eigenvalue weighted by molar-refractivity contribution is 7.91. The van der Waals surface area contributed by atoms with E-state index in [2.05, 4.69) is 5.32 Å². The molecule has 0 saturated carbocycles. The zero-order valence-corrected chi connectivity index (χ0v) is 23.9. The first kappa shape index (κ1) is 30.3. The second-order valence-corrected chi connectivity index (χ2v) is 14.4. The fraction of sp³-hybridized carbons (Fsp3) is 0.200. The summed E-state index contributed by atoms with van der Waals surface area (Å²) in [7, 11) is -11.4. The van der Waals surface area contributed by atoms with Crippen LogP contribution in [0.3, 0.4) is 0 Å². The Morgan fingerprint density at radius 1 is 0.805 bits per heavy atom. The lowest BCUT2D eigenvalue weighted by Gasteiger charge is -2.23. The lowest BCUT2D eigenvalue weighted by Crippen LogP contribution is -2.30. The average Bonchev–Trinajstić information content (AvgIpc) is 2.89. The van der Waals surface area contributed by atoms with Gasteiger partial charge in [-0.05, 0) is 37.4 Å². The van der Waals surface area contributed by atoms with Crippen LogP contribution in [0.1, 0.15) is 31.8 Å². The molecule has 4 rings (SSSR count). The number of ketones is 2. The minimum absolute atomic E-state index is 0.00848. The maximum absolute atomic E-state index is 13.4. The molecule has 1 aliphatic rings. The molecule has 0 radical (unpaired) electrons. The van der Waals surface area contributed by atoms with Crippen LogP contribution in [-0.2, 0) is 30.1 Å². The molecular formula is C25H25N3O10S3. The Balaban J connectivity index is 1.65. The van der Waals surface area contributed by atoms with Crippen LogP contribution < -0.4 is 11.1 Å². The summed E-state index contributed by atoms with van der Waals surface area (Å²) in [4.78, 5) is 27.3. The van der Waals surface area contributed by atoms with E-state index in [1.165, 1.54) is 54.4 Å². The van der Waals surface area contributed by atoms with Crippen LogP contribution in [0, 0.1) is 0 Å². The van der Waals surface area contributed by atoms with Crippen molar-refractivity contribution in [1.82, 2.24) is 4.90 Å². The third-order valence-corrected chi connectivity index (χ3v) is 9.75. The van der Waals surface area contributed by atoms with Crippen LogP contribution >= 0.6 is 0 Å². The van der Waals surface area contributed by atoms with Crippen LogP contribution in [0.25, 0.3) is 0 Å². The number of hydrogen-bond acceptors (Lipinski definition) is 11. The van der Waals surface area contributed by atoms with Crippen molar-refractivity contribution in [3.8, 4) is 0 Å². The molecule has 3 aromatic carbocycles. The highest BCUT2D eigenvalue weighted by atomic mass is 32.2. The Hall–Kier alpha value is -3.67. The normalized spacial score (nSPS) is 13.7. The number of nitrogens with two attached hydrogens (primary N) is 1. The topological polar surface area (TPSA) is 218 Å². The third-order valence-electron chi connectivity index (χ3n) is 6.44. The highest BCUT2D eigenvalue weighted by Gasteiger charge is 2.36. The number of carbonyl (C=O) groups excluding carboxylic acids is 2. The summed E-state index contributed by atoms with van der Waals surface area (Å²) in [6.45, 7) is -0.0776. The monoisotopic (exact) mass is 623 g/mol. The van der Waals surface area contributed by atoms with E-state index in [0.29, 0.717) is 0 Å². The predicted molar refractivity (Wildman–Crippen MR) is 150 cm³/mol. The molecule has 0 fully saturated rings. The van der Waals surface area contributed by atoms with Gasteiger partial charge in [-0.1, -0.05) is 24.3 Å². The number of fused-ring (bicyclic) bond motifs is 2. The van der Waals surface area contributed by atoms with Gasteiger partial charge in [0.15, 0.2) is 21.4 Å². The lowest BCUT2D eigenvalue weighted by atomic mass is 9.82. The van der Waals surface area contributed by atoms with Gasteiger partial charge in [-0.25, -0.2) is 8.42 Å². The van der Waals surface area contributed by atoms with Gasteiger partial charge in [0.05, 0.1) is 38.9 Å². The van der Waals surface area contributed by atoms with Crippen LogP contribution in [0.4, 0.5) is 17.1 Å². The fourth-order valence-electron chi connectivity index (χ4n) is 4.28. The van der Waals surface area contributed by atoms with Gasteiger partial charge in [0.1, 0.15) is 4.90 Å². The first-order chi connectivity index (χ1) is 19.0. The van der Waals surface area contributed by atoms with Gasteiger partial charge in [0, 0.05) is 29.9 Å². The maximum Gasteiger partial charge on any atom is 0.296 e. The molecule has 0 unspecified atom stereocenters. The van der Waals surface area contributed by atoms with Crippen molar-refractivity contribution in [3.05, 3.63) is 76.9 Å². The Morgan fingerprint density at radius 3 is 1.88 bits per heavy atom. The Morgan fingerprint density at radius 2 is 1.34 bits per heavy atom. The van der Waals surface area contributed by atoms with E-state index >= 15 is 0 Å². The second-order valence-electron chi connectivity index (χ2n) is 9.32. The number of carbonyl (C=O) groups is 2. The molecular weight excluding hydrogens is 598 g/mol. The molecule has 3 aromatic rings. The summed E-state index contributed by atoms with van der Waals surface area (Å²) in [6.07, 6.45) is 0. The molecule has 218 valence electrons. The molecule has 1 aliphatic carbocycles. The summed E-state index contributed by atoms with van der Waals surface area (Å²) >= 11 is 0. The minimum atomic E-state index is -4.91. The van der Waals surface area contributed by atoms with Crippen molar-refractivity contribution >= 4 is 58.7 Å². The summed E-state index contributed by atoms with van der Waals surface area (Å²) in [6, 6.07) is 12.1. The molecule has 16 heteroatoms. The number of hydrogen-bond donors (Lipinski definition) is 4. The molecule has 41 heavy (non-hydrogen) atoms. The van der Waals surface area contributed by atoms with E-state index in [1.807, 2.05) is 0 Å². The largest absolute Gasteiger partial charge is 0.397 e. The van der Waals surface area contributed by atoms with Crippen molar-refractivity contribution in [1.29, 1.82) is 0 Å². The molecule has 0 saturated heterocycles. The van der Waals surface area contributed by atoms with Crippen LogP contribution in [0.2, 0.25) is 0 Å². The minimum Gasteiger partial charge on any atom is -0.397 e. The smallest absolute Gasteiger partial charge is 0.296 e. The van der Waals surface area contributed by atoms with E-state index in [4.69, 9.17) is 10.3 Å². The molecule has 0 aromatic heterocycles. The first-order valence-electron chi connectivity index (χ1n) is 11.9. The number of nitrogens with one attached hydrogen (secondary N) is 1. The lowest BCUT2D eigenvalue weighted by molar-refractivity contribution is 0.0980. The van der Waals surface area contributed by atoms with Crippen LogP contribution in [-0.4, -0.2) is 82.5 Å². The number of benzene rings is 3. The van der Waals surface area contributed by atoms with E-state index in [9.17, 15) is 39.4 Å². The highest BCUT2D eigenvalue weighted by Crippen LogP contribution is 2.40. The predicted octanol–water partition coefficient (Wildman–Crippen LogP) is 1.63. The molecule has 5 N–H and O–H groups in total. The van der Waals surface area contributed by atoms with Crippen LogP contribution in [0.5, 0.6) is 0 Å². The Labute approximate surface area is 236 Å². The fourth-order valence-corrected chi connectivity index (χ4v) is 6.81. The molecule has 0 bridgehead atoms. The second kappa shape index (κ2) is 11.0. The summed E-state index contributed by atoms with van der Waals surface area (Å²) in [5.41, 5.74) is 4.97. The molecule has 13 nitrogen and oxygen atoms in total. The van der Waals surface area contributed by atoms with Gasteiger partial charge in [-0.15, -0.1) is 0 Å². The molecule has 0 spiro atoms. The third kappa shape index (κ3) is 6.47. The van der Waals surface area contributed by atoms with Gasteiger partial charge in [-0.3, -0.25) is 18.7 Å². The average molecular weight is 624 g/mol. The van der Waals surface area contributed by atoms with E-state index in [-0.39, 0.29) is 57.4 Å². The summed E-state index contributed by atoms with van der Waals surface area (Å²) < 4.78 is 90.1. The van der Waals surface area contributed by atoms with Gasteiger partial charge < -0.3 is 16.0 Å². The Bertz CT molecular complexity index is 1890. The first-order valence-corrected chi connectivity index (χ1v) is 16.6. The van der Waals surface area contributed by atoms with Crippen LogP contribution in [0.15, 0.2) is 64.4 Å². The molecule has 0 aliphatic heterocycles. The van der Waals surface area contributed by atoms with Crippen molar-refractivity contribution < 1.29 is 43.9 Å². The quantitative estimate of drug-likeness (QED) is 0.146. The van der Waals surface area contributed by atoms with E-state index < -0.39 is 58.0 Å². The van der Waals surface area contributed by atoms with Crippen molar-refractivity contribution in [3.63, 3.8) is 0 Å². The molecule has 0 heterocycles. The van der Waals surface area contributed by atoms with Gasteiger partial charge in [0.2, 0.25) is 0 Å². The number of sulfone groups is 1. The number of rotatable bonds is 10. The van der Waals surface area contributed by atoms with Crippen molar-refractivity contribution in [2.45, 2.75) is 9.79 Å². The standard InChI is InChI=1S/C25H25N3O10S3/c1-28(11-13-40(33,34)35)10-12-39(31,32)16-8-6-15(7-9-16)27-19-14-20(41(36,37)38)23(26)22-21(19)24(29)17-4-2-3-5-18(17)25(22)30/h2-9,14,27H,10-13,26H2,1H3,(H,33,34,35)(H,36,37,38). The van der Waals surface area contributed by atoms with E-state index in [0.717, 1.165) is 6.07 Å². The van der Waals surface area contributed by atoms with Crippen molar-refractivity contribution in [2.75, 3.05) is 42.7 Å². The van der Waals surface area contributed by atoms with Gasteiger partial charge in [0.25, 0.3) is 20.2 Å². The SMILES string of the molecule is CN(CCS(=O)(=O)O)CCS(=O)(=O)c1ccc(Nc2cc(S(=O)(=O)O)c(N)c3c2C(=O)c2ccccc2C3=O)cc1. The van der Waals surface area contributed by atoms with Crippen molar-refractivity contribution in [2.24, 2.45) is 0 Å². The molecule has 0 atom stereocenters. The summed E-state index contributed by atoms with van der Waals surface area (Å²) in [5, 5.41) is 2.83. The van der Waals surface area contributed by atoms with Gasteiger partial charge in [-0.2, -0.15) is 16.8 Å².